The molecular weight excluding hydrogens is 526 g/mol. The summed E-state index contributed by atoms with van der Waals surface area (Å²) in [5, 5.41) is 5.55. The normalized spacial score (nSPS) is 11.2. The maximum atomic E-state index is 13.7. The molecule has 9 heteroatoms. The number of carbonyl (C=O) groups is 1. The number of anilines is 1. The van der Waals surface area contributed by atoms with Crippen LogP contribution in [-0.2, 0) is 11.3 Å². The molecule has 0 bridgehead atoms. The summed E-state index contributed by atoms with van der Waals surface area (Å²) in [4.78, 5) is 21.0. The van der Waals surface area contributed by atoms with Gasteiger partial charge in [-0.05, 0) is 62.3 Å². The van der Waals surface area contributed by atoms with Crippen LogP contribution >= 0.6 is 35.1 Å². The number of methoxy groups -OCH3 is 1. The van der Waals surface area contributed by atoms with E-state index in [9.17, 15) is 4.79 Å². The van der Waals surface area contributed by atoms with Crippen molar-refractivity contribution >= 4 is 57.8 Å². The summed E-state index contributed by atoms with van der Waals surface area (Å²) in [5.41, 5.74) is 5.53. The van der Waals surface area contributed by atoms with Gasteiger partial charge in [0.15, 0.2) is 0 Å². The first-order chi connectivity index (χ1) is 17.9. The van der Waals surface area contributed by atoms with E-state index < -0.39 is 0 Å². The van der Waals surface area contributed by atoms with Gasteiger partial charge in [0.2, 0.25) is 0 Å². The molecule has 4 rings (SSSR count). The Morgan fingerprint density at radius 2 is 1.86 bits per heavy atom. The number of aromatic nitrogens is 1. The van der Waals surface area contributed by atoms with Crippen LogP contribution in [0.3, 0.4) is 0 Å². The Morgan fingerprint density at radius 1 is 1.11 bits per heavy atom. The number of urea groups is 1. The molecule has 0 spiro atoms. The summed E-state index contributed by atoms with van der Waals surface area (Å²) in [7, 11) is 1.63. The number of rotatable bonds is 9. The number of nitrogens with zero attached hydrogens (tertiary/aromatic N) is 2. The van der Waals surface area contributed by atoms with Crippen molar-refractivity contribution in [3.63, 3.8) is 0 Å². The Hall–Kier alpha value is -2.65. The highest BCUT2D eigenvalue weighted by Crippen LogP contribution is 2.38. The first kappa shape index (κ1) is 27.4. The number of benzene rings is 2. The van der Waals surface area contributed by atoms with Gasteiger partial charge in [0, 0.05) is 33.7 Å². The first-order valence-electron chi connectivity index (χ1n) is 11.8. The van der Waals surface area contributed by atoms with Crippen molar-refractivity contribution in [2.75, 3.05) is 37.7 Å². The molecule has 0 saturated heterocycles. The number of furan rings is 1. The number of amides is 2. The molecule has 0 aliphatic heterocycles. The van der Waals surface area contributed by atoms with Crippen molar-refractivity contribution in [1.29, 1.82) is 0 Å². The molecule has 4 aromatic rings. The lowest BCUT2D eigenvalue weighted by molar-refractivity contribution is 0.202. The summed E-state index contributed by atoms with van der Waals surface area (Å²) in [6.07, 6.45) is 3.97. The lowest BCUT2D eigenvalue weighted by atomic mass is 10.0. The van der Waals surface area contributed by atoms with Crippen molar-refractivity contribution in [2.45, 2.75) is 30.3 Å². The number of hydrogen-bond donors (Lipinski definition) is 1. The van der Waals surface area contributed by atoms with E-state index in [1.807, 2.05) is 61.9 Å². The number of carbonyl (C=O) groups excluding carboxylic acids is 1. The van der Waals surface area contributed by atoms with Gasteiger partial charge in [-0.1, -0.05) is 35.4 Å². The third kappa shape index (κ3) is 6.09. The molecule has 0 aliphatic rings. The largest absolute Gasteiger partial charge is 0.459 e. The maximum Gasteiger partial charge on any atom is 0.322 e. The third-order valence-corrected chi connectivity index (χ3v) is 7.63. The summed E-state index contributed by atoms with van der Waals surface area (Å²) < 4.78 is 11.6. The zero-order chi connectivity index (χ0) is 26.5. The first-order valence-corrected chi connectivity index (χ1v) is 14.6. The van der Waals surface area contributed by atoms with Gasteiger partial charge in [-0.3, -0.25) is 4.90 Å². The number of nitrogens with one attached hydrogen (secondary N) is 1. The lowest BCUT2D eigenvalue weighted by Crippen LogP contribution is -2.42. The maximum absolute atomic E-state index is 13.7. The van der Waals surface area contributed by atoms with Gasteiger partial charge >= 0.3 is 6.03 Å². The van der Waals surface area contributed by atoms with E-state index in [1.54, 1.807) is 23.8 Å². The fourth-order valence-corrected chi connectivity index (χ4v) is 5.75. The van der Waals surface area contributed by atoms with Gasteiger partial charge in [-0.2, -0.15) is 0 Å². The highest BCUT2D eigenvalue weighted by atomic mass is 35.5. The van der Waals surface area contributed by atoms with Crippen LogP contribution in [0, 0.1) is 13.8 Å². The molecule has 0 fully saturated rings. The highest BCUT2D eigenvalue weighted by molar-refractivity contribution is 7.99. The Labute approximate surface area is 231 Å². The number of halogens is 1. The van der Waals surface area contributed by atoms with Crippen LogP contribution in [-0.4, -0.2) is 43.8 Å². The van der Waals surface area contributed by atoms with Crippen LogP contribution in [0.4, 0.5) is 10.5 Å². The quantitative estimate of drug-likeness (QED) is 0.215. The van der Waals surface area contributed by atoms with Crippen LogP contribution in [0.5, 0.6) is 0 Å². The standard InChI is InChI=1S/C28H30ClN3O3S2/c1-17-6-11-22-21(14-17)25(19-7-9-20(29)10-8-19)23(35-22)16-30-28(33)32(12-13-34-3)26-24(36-4)15-18(2)31-27(26)37-5/h6-11,14-15H,12-13,16H2,1-5H3,(H,30,33). The van der Waals surface area contributed by atoms with E-state index in [0.717, 1.165) is 49.0 Å². The Morgan fingerprint density at radius 3 is 2.54 bits per heavy atom. The Balaban J connectivity index is 1.70. The molecule has 194 valence electrons. The van der Waals surface area contributed by atoms with E-state index >= 15 is 0 Å². The van der Waals surface area contributed by atoms with Gasteiger partial charge < -0.3 is 14.5 Å². The van der Waals surface area contributed by atoms with E-state index in [0.29, 0.717) is 23.9 Å². The van der Waals surface area contributed by atoms with Crippen molar-refractivity contribution < 1.29 is 13.9 Å². The molecule has 1 N–H and O–H groups in total. The van der Waals surface area contributed by atoms with E-state index in [1.165, 1.54) is 11.8 Å². The van der Waals surface area contributed by atoms with Gasteiger partial charge in [0.05, 0.1) is 25.4 Å². The number of pyridine rings is 1. The summed E-state index contributed by atoms with van der Waals surface area (Å²) >= 11 is 9.26. The fraction of sp³-hybridized carbons (Fsp3) is 0.286. The number of thioether (sulfide) groups is 2. The van der Waals surface area contributed by atoms with Crippen LogP contribution in [0.15, 0.2) is 62.9 Å². The van der Waals surface area contributed by atoms with E-state index in [-0.39, 0.29) is 12.6 Å². The minimum absolute atomic E-state index is 0.219. The van der Waals surface area contributed by atoms with Crippen molar-refractivity contribution in [3.8, 4) is 11.1 Å². The number of fused-ring (bicyclic) bond motifs is 1. The van der Waals surface area contributed by atoms with Gasteiger partial charge in [0.25, 0.3) is 0 Å². The minimum atomic E-state index is -0.244. The minimum Gasteiger partial charge on any atom is -0.459 e. The summed E-state index contributed by atoms with van der Waals surface area (Å²) in [6.45, 7) is 5.01. The summed E-state index contributed by atoms with van der Waals surface area (Å²) in [5.74, 6) is 0.681. The number of hydrogen-bond acceptors (Lipinski definition) is 6. The topological polar surface area (TPSA) is 67.6 Å². The molecule has 2 aromatic heterocycles. The molecule has 2 amide bonds. The van der Waals surface area contributed by atoms with E-state index in [2.05, 4.69) is 23.3 Å². The molecule has 0 aliphatic carbocycles. The molecule has 0 atom stereocenters. The molecule has 0 radical (unpaired) electrons. The molecule has 2 aromatic carbocycles. The van der Waals surface area contributed by atoms with E-state index in [4.69, 9.17) is 20.8 Å². The number of aryl methyl sites for hydroxylation is 2. The van der Waals surface area contributed by atoms with Crippen LogP contribution in [0.25, 0.3) is 22.1 Å². The molecular formula is C28H30ClN3O3S2. The van der Waals surface area contributed by atoms with Crippen molar-refractivity contribution in [2.24, 2.45) is 0 Å². The second-order valence-corrected chi connectivity index (χ2v) is 10.6. The van der Waals surface area contributed by atoms with Crippen LogP contribution < -0.4 is 10.2 Å². The highest BCUT2D eigenvalue weighted by Gasteiger charge is 2.24. The van der Waals surface area contributed by atoms with Gasteiger partial charge in [0.1, 0.15) is 16.4 Å². The van der Waals surface area contributed by atoms with Crippen molar-refractivity contribution in [3.05, 3.63) is 70.6 Å². The monoisotopic (exact) mass is 555 g/mol. The average molecular weight is 556 g/mol. The molecule has 37 heavy (non-hydrogen) atoms. The summed E-state index contributed by atoms with van der Waals surface area (Å²) in [6, 6.07) is 15.5. The second kappa shape index (κ2) is 12.3. The number of ether oxygens (including phenoxy) is 1. The average Bonchev–Trinajstić information content (AvgIpc) is 3.25. The molecule has 6 nitrogen and oxygen atoms in total. The SMILES string of the molecule is COCCN(C(=O)NCc1oc2ccc(C)cc2c1-c1ccc(Cl)cc1)c1c(SC)cc(C)nc1SC. The fourth-order valence-electron chi connectivity index (χ4n) is 4.22. The Bertz CT molecular complexity index is 1380. The Kier molecular flexibility index (Phi) is 9.08. The smallest absolute Gasteiger partial charge is 0.322 e. The molecule has 0 saturated carbocycles. The lowest BCUT2D eigenvalue weighted by Gasteiger charge is -2.26. The zero-order valence-corrected chi connectivity index (χ0v) is 23.9. The predicted molar refractivity (Wildman–Crippen MR) is 155 cm³/mol. The zero-order valence-electron chi connectivity index (χ0n) is 21.6. The predicted octanol–water partition coefficient (Wildman–Crippen LogP) is 7.57. The van der Waals surface area contributed by atoms with Gasteiger partial charge in [-0.15, -0.1) is 23.5 Å². The van der Waals surface area contributed by atoms with Crippen LogP contribution in [0.2, 0.25) is 5.02 Å². The van der Waals surface area contributed by atoms with Gasteiger partial charge in [-0.25, -0.2) is 9.78 Å². The third-order valence-electron chi connectivity index (χ3n) is 5.95. The van der Waals surface area contributed by atoms with Crippen LogP contribution in [0.1, 0.15) is 17.0 Å². The molecule has 0 unspecified atom stereocenters. The second-order valence-electron chi connectivity index (χ2n) is 8.53. The molecule has 2 heterocycles. The van der Waals surface area contributed by atoms with Crippen molar-refractivity contribution in [1.82, 2.24) is 10.3 Å².